The van der Waals surface area contributed by atoms with Crippen molar-refractivity contribution in [2.45, 2.75) is 37.7 Å². The van der Waals surface area contributed by atoms with Gasteiger partial charge in [-0.05, 0) is 19.3 Å². The average molecular weight is 194 g/mol. The Labute approximate surface area is 83.1 Å². The maximum Gasteiger partial charge on any atom is 0.316 e. The molecule has 1 aliphatic carbocycles. The second-order valence-electron chi connectivity index (χ2n) is 4.68. The molecule has 0 aromatic rings. The fourth-order valence-electron chi connectivity index (χ4n) is 3.27. The molecule has 14 heavy (non-hydrogen) atoms. The van der Waals surface area contributed by atoms with E-state index in [0.29, 0.717) is 13.0 Å². The highest BCUT2D eigenvalue weighted by atomic mass is 16.6. The van der Waals surface area contributed by atoms with Crippen molar-refractivity contribution in [3.05, 3.63) is 12.3 Å². The summed E-state index contributed by atoms with van der Waals surface area (Å²) in [4.78, 5) is 11.8. The molecule has 3 nitrogen and oxygen atoms in total. The first-order chi connectivity index (χ1) is 6.69. The highest BCUT2D eigenvalue weighted by molar-refractivity contribution is 5.82. The SMILES string of the molecule is C=C1C[C@]23CCCC[C@]2(COC3=O)O1. The van der Waals surface area contributed by atoms with Crippen LogP contribution in [0.1, 0.15) is 32.1 Å². The van der Waals surface area contributed by atoms with Crippen LogP contribution in [0.15, 0.2) is 12.3 Å². The second kappa shape index (κ2) is 2.33. The van der Waals surface area contributed by atoms with Gasteiger partial charge in [0.15, 0.2) is 5.60 Å². The average Bonchev–Trinajstić information content (AvgIpc) is 2.60. The molecule has 0 amide bonds. The van der Waals surface area contributed by atoms with E-state index in [0.717, 1.165) is 31.4 Å². The van der Waals surface area contributed by atoms with Crippen LogP contribution in [0, 0.1) is 5.41 Å². The molecule has 0 spiro atoms. The Hall–Kier alpha value is -0.990. The molecule has 0 aromatic carbocycles. The molecule has 0 unspecified atom stereocenters. The van der Waals surface area contributed by atoms with Crippen LogP contribution in [0.25, 0.3) is 0 Å². The molecule has 2 heterocycles. The molecule has 3 rings (SSSR count). The highest BCUT2D eigenvalue weighted by Gasteiger charge is 2.69. The molecule has 0 aromatic heterocycles. The zero-order chi connectivity index (χ0) is 9.81. The number of hydrogen-bond acceptors (Lipinski definition) is 3. The van der Waals surface area contributed by atoms with Gasteiger partial charge >= 0.3 is 5.97 Å². The van der Waals surface area contributed by atoms with Crippen molar-refractivity contribution < 1.29 is 14.3 Å². The summed E-state index contributed by atoms with van der Waals surface area (Å²) in [6, 6.07) is 0. The Kier molecular flexibility index (Phi) is 1.38. The lowest BCUT2D eigenvalue weighted by Crippen LogP contribution is -2.48. The maximum atomic E-state index is 11.8. The lowest BCUT2D eigenvalue weighted by molar-refractivity contribution is -0.147. The van der Waals surface area contributed by atoms with Crippen LogP contribution < -0.4 is 0 Å². The van der Waals surface area contributed by atoms with Gasteiger partial charge in [-0.1, -0.05) is 13.0 Å². The molecule has 2 saturated heterocycles. The number of ether oxygens (including phenoxy) is 2. The quantitative estimate of drug-likeness (QED) is 0.551. The van der Waals surface area contributed by atoms with Crippen molar-refractivity contribution in [1.29, 1.82) is 0 Å². The van der Waals surface area contributed by atoms with Crippen molar-refractivity contribution in [2.75, 3.05) is 6.61 Å². The molecule has 2 aliphatic heterocycles. The third kappa shape index (κ3) is 0.725. The zero-order valence-corrected chi connectivity index (χ0v) is 8.17. The molecule has 1 saturated carbocycles. The fourth-order valence-corrected chi connectivity index (χ4v) is 3.27. The minimum atomic E-state index is -0.373. The third-order valence-electron chi connectivity index (χ3n) is 3.97. The van der Waals surface area contributed by atoms with Gasteiger partial charge in [0.2, 0.25) is 0 Å². The summed E-state index contributed by atoms with van der Waals surface area (Å²) in [6.07, 6.45) is 4.76. The van der Waals surface area contributed by atoms with E-state index >= 15 is 0 Å². The van der Waals surface area contributed by atoms with Gasteiger partial charge < -0.3 is 9.47 Å². The summed E-state index contributed by atoms with van der Waals surface area (Å²) in [6.45, 7) is 4.29. The van der Waals surface area contributed by atoms with Crippen LogP contribution in [-0.4, -0.2) is 18.2 Å². The minimum absolute atomic E-state index is 0.0594. The Balaban J connectivity index is 2.11. The van der Waals surface area contributed by atoms with Crippen molar-refractivity contribution >= 4 is 5.97 Å². The van der Waals surface area contributed by atoms with Gasteiger partial charge in [-0.15, -0.1) is 0 Å². The first-order valence-corrected chi connectivity index (χ1v) is 5.23. The molecule has 0 radical (unpaired) electrons. The number of cyclic esters (lactones) is 1. The van der Waals surface area contributed by atoms with Crippen LogP contribution in [0.4, 0.5) is 0 Å². The van der Waals surface area contributed by atoms with E-state index in [1.54, 1.807) is 0 Å². The summed E-state index contributed by atoms with van der Waals surface area (Å²) < 4.78 is 11.0. The van der Waals surface area contributed by atoms with Crippen molar-refractivity contribution in [1.82, 2.24) is 0 Å². The van der Waals surface area contributed by atoms with Gasteiger partial charge in [-0.2, -0.15) is 0 Å². The summed E-state index contributed by atoms with van der Waals surface area (Å²) in [5, 5.41) is 0. The minimum Gasteiger partial charge on any atom is -0.487 e. The van der Waals surface area contributed by atoms with Gasteiger partial charge in [0.1, 0.15) is 12.0 Å². The molecular weight excluding hydrogens is 180 g/mol. The predicted molar refractivity (Wildman–Crippen MR) is 49.4 cm³/mol. The smallest absolute Gasteiger partial charge is 0.316 e. The van der Waals surface area contributed by atoms with Crippen LogP contribution in [0.5, 0.6) is 0 Å². The van der Waals surface area contributed by atoms with Gasteiger partial charge in [0.25, 0.3) is 0 Å². The monoisotopic (exact) mass is 194 g/mol. The van der Waals surface area contributed by atoms with E-state index < -0.39 is 0 Å². The maximum absolute atomic E-state index is 11.8. The summed E-state index contributed by atoms with van der Waals surface area (Å²) in [7, 11) is 0. The Morgan fingerprint density at radius 2 is 2.07 bits per heavy atom. The molecule has 3 heteroatoms. The normalized spacial score (nSPS) is 45.4. The van der Waals surface area contributed by atoms with Gasteiger partial charge in [0, 0.05) is 6.42 Å². The molecule has 0 bridgehead atoms. The zero-order valence-electron chi connectivity index (χ0n) is 8.17. The van der Waals surface area contributed by atoms with E-state index in [1.807, 2.05) is 0 Å². The number of esters is 1. The summed E-state index contributed by atoms with van der Waals surface area (Å²) in [5.74, 6) is 0.708. The molecule has 76 valence electrons. The van der Waals surface area contributed by atoms with Crippen LogP contribution in [0.3, 0.4) is 0 Å². The van der Waals surface area contributed by atoms with Crippen molar-refractivity contribution in [2.24, 2.45) is 5.41 Å². The lowest BCUT2D eigenvalue weighted by atomic mass is 9.64. The van der Waals surface area contributed by atoms with Crippen LogP contribution in [0.2, 0.25) is 0 Å². The Morgan fingerprint density at radius 1 is 1.29 bits per heavy atom. The molecule has 2 atom stereocenters. The van der Waals surface area contributed by atoms with Gasteiger partial charge in [-0.3, -0.25) is 4.79 Å². The first-order valence-electron chi connectivity index (χ1n) is 5.23. The summed E-state index contributed by atoms with van der Waals surface area (Å²) in [5.41, 5.74) is -0.720. The second-order valence-corrected chi connectivity index (χ2v) is 4.68. The Morgan fingerprint density at radius 3 is 2.86 bits per heavy atom. The standard InChI is InChI=1S/C11H14O3/c1-8-6-10-4-2-3-5-11(10,14-8)7-13-9(10)12/h1-7H2/t10-,11+/m0/s1. The first kappa shape index (κ1) is 8.33. The topological polar surface area (TPSA) is 35.5 Å². The number of carbonyl (C=O) groups is 1. The molecule has 3 aliphatic rings. The lowest BCUT2D eigenvalue weighted by Gasteiger charge is -2.37. The van der Waals surface area contributed by atoms with E-state index in [1.165, 1.54) is 0 Å². The predicted octanol–water partition coefficient (Wildman–Crippen LogP) is 1.78. The number of allylic oxidation sites excluding steroid dienone is 1. The van der Waals surface area contributed by atoms with E-state index in [4.69, 9.17) is 9.47 Å². The number of hydrogen-bond donors (Lipinski definition) is 0. The largest absolute Gasteiger partial charge is 0.487 e. The molecule has 0 N–H and O–H groups in total. The van der Waals surface area contributed by atoms with E-state index in [-0.39, 0.29) is 17.0 Å². The van der Waals surface area contributed by atoms with Gasteiger partial charge in [-0.25, -0.2) is 0 Å². The highest BCUT2D eigenvalue weighted by Crippen LogP contribution is 2.60. The van der Waals surface area contributed by atoms with E-state index in [9.17, 15) is 4.79 Å². The van der Waals surface area contributed by atoms with Crippen molar-refractivity contribution in [3.63, 3.8) is 0 Å². The Bertz CT molecular complexity index is 322. The summed E-state index contributed by atoms with van der Waals surface area (Å²) >= 11 is 0. The fraction of sp³-hybridized carbons (Fsp3) is 0.727. The molecular formula is C11H14O3. The van der Waals surface area contributed by atoms with Gasteiger partial charge in [0.05, 0.1) is 5.76 Å². The molecule has 3 fully saturated rings. The number of carbonyl (C=O) groups excluding carboxylic acids is 1. The number of rotatable bonds is 0. The van der Waals surface area contributed by atoms with Crippen LogP contribution in [-0.2, 0) is 14.3 Å². The third-order valence-corrected chi connectivity index (χ3v) is 3.97. The van der Waals surface area contributed by atoms with Crippen LogP contribution >= 0.6 is 0 Å². The van der Waals surface area contributed by atoms with E-state index in [2.05, 4.69) is 6.58 Å². The van der Waals surface area contributed by atoms with Crippen molar-refractivity contribution in [3.8, 4) is 0 Å².